The number of sulfonamides is 1. The third-order valence-corrected chi connectivity index (χ3v) is 8.09. The number of nitrogens with zero attached hydrogens (tertiary/aromatic N) is 3. The van der Waals surface area contributed by atoms with Crippen molar-refractivity contribution in [1.29, 1.82) is 0 Å². The van der Waals surface area contributed by atoms with Gasteiger partial charge in [-0.05, 0) is 49.2 Å². The lowest BCUT2D eigenvalue weighted by molar-refractivity contribution is -0.115. The number of amides is 1. The Balaban J connectivity index is 1.43. The van der Waals surface area contributed by atoms with E-state index in [1.807, 2.05) is 0 Å². The van der Waals surface area contributed by atoms with Crippen molar-refractivity contribution in [2.75, 3.05) is 18.0 Å². The Bertz CT molecular complexity index is 1220. The number of ether oxygens (including phenoxy) is 1. The van der Waals surface area contributed by atoms with Gasteiger partial charge in [-0.2, -0.15) is 4.31 Å². The van der Waals surface area contributed by atoms with E-state index in [9.17, 15) is 17.6 Å². The highest BCUT2D eigenvalue weighted by Gasteiger charge is 2.26. The molecule has 0 saturated carbocycles. The molecule has 1 amide bonds. The Morgan fingerprint density at radius 2 is 1.82 bits per heavy atom. The van der Waals surface area contributed by atoms with E-state index in [4.69, 9.17) is 4.74 Å². The SMILES string of the molecule is CC(=O)N(c1nc(COc2ccc(S(=O)(=O)N3CCCCC3)cc2)cs1)c1ccccc1F. The Labute approximate surface area is 196 Å². The van der Waals surface area contributed by atoms with Gasteiger partial charge in [0.25, 0.3) is 0 Å². The molecule has 1 saturated heterocycles. The summed E-state index contributed by atoms with van der Waals surface area (Å²) in [6.07, 6.45) is 2.82. The highest BCUT2D eigenvalue weighted by atomic mass is 32.2. The molecule has 4 rings (SSSR count). The van der Waals surface area contributed by atoms with Gasteiger partial charge in [0, 0.05) is 25.4 Å². The second-order valence-electron chi connectivity index (χ2n) is 7.65. The van der Waals surface area contributed by atoms with Gasteiger partial charge in [0.2, 0.25) is 15.9 Å². The van der Waals surface area contributed by atoms with Crippen molar-refractivity contribution in [2.45, 2.75) is 37.7 Å². The molecule has 174 valence electrons. The molecule has 1 fully saturated rings. The van der Waals surface area contributed by atoms with Crippen molar-refractivity contribution in [1.82, 2.24) is 9.29 Å². The minimum atomic E-state index is -3.49. The van der Waals surface area contributed by atoms with E-state index in [2.05, 4.69) is 4.98 Å². The lowest BCUT2D eigenvalue weighted by atomic mass is 10.2. The second-order valence-corrected chi connectivity index (χ2v) is 10.4. The topological polar surface area (TPSA) is 79.8 Å². The molecule has 0 aliphatic carbocycles. The zero-order valence-corrected chi connectivity index (χ0v) is 19.7. The predicted molar refractivity (Wildman–Crippen MR) is 125 cm³/mol. The fourth-order valence-electron chi connectivity index (χ4n) is 3.63. The molecule has 1 aliphatic heterocycles. The molecule has 10 heteroatoms. The maximum absolute atomic E-state index is 14.2. The van der Waals surface area contributed by atoms with Crippen LogP contribution in [0.5, 0.6) is 5.75 Å². The van der Waals surface area contributed by atoms with E-state index in [0.29, 0.717) is 29.7 Å². The summed E-state index contributed by atoms with van der Waals surface area (Å²) in [7, 11) is -3.49. The molecule has 1 aromatic heterocycles. The monoisotopic (exact) mass is 489 g/mol. The van der Waals surface area contributed by atoms with Crippen molar-refractivity contribution < 1.29 is 22.3 Å². The third-order valence-electron chi connectivity index (χ3n) is 5.30. The molecule has 2 heterocycles. The zero-order valence-electron chi connectivity index (χ0n) is 18.1. The van der Waals surface area contributed by atoms with Crippen molar-refractivity contribution in [2.24, 2.45) is 0 Å². The van der Waals surface area contributed by atoms with Crippen molar-refractivity contribution in [3.05, 3.63) is 65.4 Å². The summed E-state index contributed by atoms with van der Waals surface area (Å²) >= 11 is 1.21. The number of piperidine rings is 1. The van der Waals surface area contributed by atoms with Gasteiger partial charge in [-0.25, -0.2) is 17.8 Å². The molecule has 7 nitrogen and oxygen atoms in total. The smallest absolute Gasteiger partial charge is 0.243 e. The molecule has 33 heavy (non-hydrogen) atoms. The van der Waals surface area contributed by atoms with E-state index in [1.165, 1.54) is 39.6 Å². The molecular formula is C23H24FN3O4S2. The number of para-hydroxylation sites is 1. The van der Waals surface area contributed by atoms with Gasteiger partial charge in [-0.15, -0.1) is 11.3 Å². The summed E-state index contributed by atoms with van der Waals surface area (Å²) in [5.41, 5.74) is 0.708. The largest absolute Gasteiger partial charge is 0.487 e. The predicted octanol–water partition coefficient (Wildman–Crippen LogP) is 4.72. The Hall–Kier alpha value is -2.82. The minimum Gasteiger partial charge on any atom is -0.487 e. The van der Waals surface area contributed by atoms with Crippen LogP contribution in [0.3, 0.4) is 0 Å². The summed E-state index contributed by atoms with van der Waals surface area (Å²) in [5, 5.41) is 2.08. The van der Waals surface area contributed by atoms with Crippen molar-refractivity contribution in [3.63, 3.8) is 0 Å². The minimum absolute atomic E-state index is 0.123. The molecular weight excluding hydrogens is 465 g/mol. The summed E-state index contributed by atoms with van der Waals surface area (Å²) in [4.78, 5) is 18.0. The van der Waals surface area contributed by atoms with Gasteiger partial charge in [0.1, 0.15) is 18.2 Å². The molecule has 0 atom stereocenters. The highest BCUT2D eigenvalue weighted by Crippen LogP contribution is 2.31. The molecule has 0 N–H and O–H groups in total. The fraction of sp³-hybridized carbons (Fsp3) is 0.304. The average molecular weight is 490 g/mol. The molecule has 0 radical (unpaired) electrons. The van der Waals surface area contributed by atoms with Gasteiger partial charge >= 0.3 is 0 Å². The first-order valence-corrected chi connectivity index (χ1v) is 12.9. The number of halogens is 1. The van der Waals surface area contributed by atoms with E-state index < -0.39 is 15.8 Å². The zero-order chi connectivity index (χ0) is 23.4. The van der Waals surface area contributed by atoms with Crippen LogP contribution >= 0.6 is 11.3 Å². The Morgan fingerprint density at radius 1 is 1.12 bits per heavy atom. The van der Waals surface area contributed by atoms with Gasteiger partial charge in [-0.3, -0.25) is 9.69 Å². The van der Waals surface area contributed by atoms with Crippen LogP contribution in [0.15, 0.2) is 58.8 Å². The summed E-state index contributed by atoms with van der Waals surface area (Å²) in [6, 6.07) is 12.3. The van der Waals surface area contributed by atoms with Crippen molar-refractivity contribution >= 4 is 38.1 Å². The van der Waals surface area contributed by atoms with E-state index >= 15 is 0 Å². The van der Waals surface area contributed by atoms with E-state index in [-0.39, 0.29) is 23.1 Å². The summed E-state index contributed by atoms with van der Waals surface area (Å²) < 4.78 is 47.0. The number of thiazole rings is 1. The maximum atomic E-state index is 14.2. The first-order chi connectivity index (χ1) is 15.9. The van der Waals surface area contributed by atoms with Crippen LogP contribution < -0.4 is 9.64 Å². The number of anilines is 2. The Morgan fingerprint density at radius 3 is 2.48 bits per heavy atom. The van der Waals surface area contributed by atoms with Crippen LogP contribution in [0, 0.1) is 5.82 Å². The lowest BCUT2D eigenvalue weighted by Crippen LogP contribution is -2.35. The lowest BCUT2D eigenvalue weighted by Gasteiger charge is -2.25. The highest BCUT2D eigenvalue weighted by molar-refractivity contribution is 7.89. The van der Waals surface area contributed by atoms with Gasteiger partial charge in [0.15, 0.2) is 5.13 Å². The number of carbonyl (C=O) groups is 1. The number of rotatable bonds is 7. The van der Waals surface area contributed by atoms with Gasteiger partial charge in [-0.1, -0.05) is 18.6 Å². The number of benzene rings is 2. The number of carbonyl (C=O) groups excluding carboxylic acids is 1. The number of hydrogen-bond acceptors (Lipinski definition) is 6. The third kappa shape index (κ3) is 5.23. The molecule has 0 spiro atoms. The van der Waals surface area contributed by atoms with E-state index in [1.54, 1.807) is 41.8 Å². The fourth-order valence-corrected chi connectivity index (χ4v) is 6.01. The van der Waals surface area contributed by atoms with Crippen LogP contribution in [0.25, 0.3) is 0 Å². The van der Waals surface area contributed by atoms with Crippen LogP contribution in [-0.4, -0.2) is 36.7 Å². The molecule has 2 aromatic carbocycles. The maximum Gasteiger partial charge on any atom is 0.243 e. The van der Waals surface area contributed by atoms with Crippen LogP contribution in [0.1, 0.15) is 31.9 Å². The van der Waals surface area contributed by atoms with Gasteiger partial charge in [0.05, 0.1) is 16.3 Å². The second kappa shape index (κ2) is 9.98. The average Bonchev–Trinajstić information content (AvgIpc) is 3.28. The first kappa shape index (κ1) is 23.3. The van der Waals surface area contributed by atoms with Gasteiger partial charge < -0.3 is 4.74 Å². The van der Waals surface area contributed by atoms with Crippen molar-refractivity contribution in [3.8, 4) is 5.75 Å². The first-order valence-electron chi connectivity index (χ1n) is 10.6. The summed E-state index contributed by atoms with van der Waals surface area (Å²) in [6.45, 7) is 2.58. The normalized spacial score (nSPS) is 14.7. The van der Waals surface area contributed by atoms with E-state index in [0.717, 1.165) is 19.3 Å². The number of hydrogen-bond donors (Lipinski definition) is 0. The molecule has 1 aliphatic rings. The summed E-state index contributed by atoms with van der Waals surface area (Å²) in [5.74, 6) is -0.368. The van der Waals surface area contributed by atoms with Crippen LogP contribution in [-0.2, 0) is 21.4 Å². The van der Waals surface area contributed by atoms with Crippen LogP contribution in [0.2, 0.25) is 0 Å². The van der Waals surface area contributed by atoms with Crippen LogP contribution in [0.4, 0.5) is 15.2 Å². The molecule has 0 unspecified atom stereocenters. The quantitative estimate of drug-likeness (QED) is 0.480. The molecule has 0 bridgehead atoms. The standard InChI is InChI=1S/C23H24FN3O4S2/c1-17(28)27(22-8-4-3-7-21(22)24)23-25-18(16-32-23)15-31-19-9-11-20(12-10-19)33(29,30)26-13-5-2-6-14-26/h3-4,7-12,16H,2,5-6,13-15H2,1H3. The number of aromatic nitrogens is 1. The Kier molecular flexibility index (Phi) is 7.06. The molecule has 3 aromatic rings.